The van der Waals surface area contributed by atoms with Gasteiger partial charge >= 0.3 is 0 Å². The maximum absolute atomic E-state index is 12.8. The lowest BCUT2D eigenvalue weighted by Gasteiger charge is -2.10. The average Bonchev–Trinajstić information content (AvgIpc) is 2.11. The molecule has 1 nitrogen and oxygen atoms in total. The van der Waals surface area contributed by atoms with Crippen LogP contribution in [0, 0.1) is 18.2 Å². The highest BCUT2D eigenvalue weighted by Crippen LogP contribution is 2.23. The predicted octanol–water partition coefficient (Wildman–Crippen LogP) is 3.02. The number of benzene rings is 1. The van der Waals surface area contributed by atoms with E-state index in [1.807, 2.05) is 6.92 Å². The first-order valence-corrected chi connectivity index (χ1v) is 4.60. The van der Waals surface area contributed by atoms with Crippen molar-refractivity contribution in [1.29, 1.82) is 0 Å². The molecule has 1 rings (SSSR count). The lowest BCUT2D eigenvalue weighted by atomic mass is 10.2. The Morgan fingerprint density at radius 2 is 2.31 bits per heavy atom. The molecule has 0 amide bonds. The van der Waals surface area contributed by atoms with Crippen LogP contribution in [0.5, 0.6) is 0 Å². The standard InChI is InChI=1S/C10H9BrFN/c1-3-7(2)13-10-6-8(12)4-5-9(10)11/h1,4-7,13H,2H3. The molecule has 0 saturated carbocycles. The summed E-state index contributed by atoms with van der Waals surface area (Å²) >= 11 is 3.29. The van der Waals surface area contributed by atoms with Gasteiger partial charge in [-0.1, -0.05) is 5.92 Å². The molecule has 0 fully saturated rings. The van der Waals surface area contributed by atoms with Crippen LogP contribution < -0.4 is 5.32 Å². The third kappa shape index (κ3) is 2.74. The smallest absolute Gasteiger partial charge is 0.125 e. The van der Waals surface area contributed by atoms with Crippen LogP contribution in [0.1, 0.15) is 6.92 Å². The number of anilines is 1. The number of hydrogen-bond donors (Lipinski definition) is 1. The Morgan fingerprint density at radius 1 is 1.62 bits per heavy atom. The van der Waals surface area contributed by atoms with Crippen molar-refractivity contribution in [2.24, 2.45) is 0 Å². The van der Waals surface area contributed by atoms with Crippen molar-refractivity contribution in [2.45, 2.75) is 13.0 Å². The normalized spacial score (nSPS) is 11.8. The van der Waals surface area contributed by atoms with Gasteiger partial charge in [-0.25, -0.2) is 4.39 Å². The first-order chi connectivity index (χ1) is 6.13. The van der Waals surface area contributed by atoms with Gasteiger partial charge in [0.15, 0.2) is 0 Å². The zero-order valence-corrected chi connectivity index (χ0v) is 8.73. The molecule has 0 bridgehead atoms. The van der Waals surface area contributed by atoms with E-state index in [1.165, 1.54) is 12.1 Å². The summed E-state index contributed by atoms with van der Waals surface area (Å²) in [5.41, 5.74) is 0.672. The van der Waals surface area contributed by atoms with E-state index in [4.69, 9.17) is 6.42 Å². The molecule has 0 aliphatic heterocycles. The predicted molar refractivity (Wildman–Crippen MR) is 56.0 cm³/mol. The van der Waals surface area contributed by atoms with Crippen LogP contribution in [-0.4, -0.2) is 6.04 Å². The Labute approximate surface area is 85.5 Å². The van der Waals surface area contributed by atoms with E-state index in [0.717, 1.165) is 4.47 Å². The monoisotopic (exact) mass is 241 g/mol. The van der Waals surface area contributed by atoms with Crippen LogP contribution in [0.2, 0.25) is 0 Å². The summed E-state index contributed by atoms with van der Waals surface area (Å²) in [6.07, 6.45) is 5.19. The third-order valence-corrected chi connectivity index (χ3v) is 2.24. The molecule has 0 heterocycles. The molecule has 68 valence electrons. The first kappa shape index (κ1) is 10.1. The fourth-order valence-corrected chi connectivity index (χ4v) is 1.24. The molecule has 1 aromatic carbocycles. The molecule has 1 atom stereocenters. The summed E-state index contributed by atoms with van der Waals surface area (Å²) in [6, 6.07) is 4.31. The van der Waals surface area contributed by atoms with Gasteiger partial charge < -0.3 is 5.32 Å². The first-order valence-electron chi connectivity index (χ1n) is 3.81. The van der Waals surface area contributed by atoms with Gasteiger partial charge in [-0.15, -0.1) is 6.42 Å². The van der Waals surface area contributed by atoms with Crippen molar-refractivity contribution >= 4 is 21.6 Å². The number of nitrogens with one attached hydrogen (secondary N) is 1. The highest BCUT2D eigenvalue weighted by atomic mass is 79.9. The van der Waals surface area contributed by atoms with Crippen molar-refractivity contribution in [2.75, 3.05) is 5.32 Å². The van der Waals surface area contributed by atoms with Crippen LogP contribution >= 0.6 is 15.9 Å². The number of hydrogen-bond acceptors (Lipinski definition) is 1. The Hall–Kier alpha value is -1.01. The molecule has 0 saturated heterocycles. The zero-order chi connectivity index (χ0) is 9.84. The van der Waals surface area contributed by atoms with Gasteiger partial charge in [0.05, 0.1) is 11.7 Å². The molecule has 3 heteroatoms. The van der Waals surface area contributed by atoms with E-state index in [2.05, 4.69) is 27.2 Å². The molecule has 1 unspecified atom stereocenters. The van der Waals surface area contributed by atoms with Crippen molar-refractivity contribution < 1.29 is 4.39 Å². The van der Waals surface area contributed by atoms with E-state index in [9.17, 15) is 4.39 Å². The molecule has 0 radical (unpaired) electrons. The van der Waals surface area contributed by atoms with Gasteiger partial charge in [0, 0.05) is 4.47 Å². The van der Waals surface area contributed by atoms with Crippen LogP contribution in [0.4, 0.5) is 10.1 Å². The highest BCUT2D eigenvalue weighted by Gasteiger charge is 2.03. The summed E-state index contributed by atoms with van der Waals surface area (Å²) in [6.45, 7) is 1.83. The summed E-state index contributed by atoms with van der Waals surface area (Å²) in [5.74, 6) is 2.22. The van der Waals surface area contributed by atoms with Crippen LogP contribution in [0.15, 0.2) is 22.7 Å². The highest BCUT2D eigenvalue weighted by molar-refractivity contribution is 9.10. The SMILES string of the molecule is C#CC(C)Nc1cc(F)ccc1Br. The largest absolute Gasteiger partial charge is 0.371 e. The minimum Gasteiger partial charge on any atom is -0.371 e. The minimum atomic E-state index is -0.282. The number of terminal acetylenes is 1. The van der Waals surface area contributed by atoms with E-state index < -0.39 is 0 Å². The van der Waals surface area contributed by atoms with Crippen molar-refractivity contribution in [3.63, 3.8) is 0 Å². The molecule has 0 aromatic heterocycles. The molecule has 13 heavy (non-hydrogen) atoms. The maximum atomic E-state index is 12.8. The van der Waals surface area contributed by atoms with E-state index >= 15 is 0 Å². The van der Waals surface area contributed by atoms with Crippen LogP contribution in [-0.2, 0) is 0 Å². The van der Waals surface area contributed by atoms with Crippen molar-refractivity contribution in [1.82, 2.24) is 0 Å². The lowest BCUT2D eigenvalue weighted by Crippen LogP contribution is -2.12. The zero-order valence-electron chi connectivity index (χ0n) is 7.14. The Bertz CT molecular complexity index is 343. The van der Waals surface area contributed by atoms with Crippen LogP contribution in [0.3, 0.4) is 0 Å². The second-order valence-corrected chi connectivity index (χ2v) is 3.51. The van der Waals surface area contributed by atoms with Crippen molar-refractivity contribution in [3.05, 3.63) is 28.5 Å². The molecular formula is C10H9BrFN. The van der Waals surface area contributed by atoms with Crippen LogP contribution in [0.25, 0.3) is 0 Å². The van der Waals surface area contributed by atoms with Gasteiger partial charge in [0.1, 0.15) is 5.82 Å². The second-order valence-electron chi connectivity index (χ2n) is 2.66. The maximum Gasteiger partial charge on any atom is 0.125 e. The molecule has 0 spiro atoms. The minimum absolute atomic E-state index is 0.113. The van der Waals surface area contributed by atoms with Gasteiger partial charge in [-0.2, -0.15) is 0 Å². The number of halogens is 2. The quantitative estimate of drug-likeness (QED) is 0.786. The lowest BCUT2D eigenvalue weighted by molar-refractivity contribution is 0.628. The Kier molecular flexibility index (Phi) is 3.32. The van der Waals surface area contributed by atoms with Crippen molar-refractivity contribution in [3.8, 4) is 12.3 Å². The van der Waals surface area contributed by atoms with Gasteiger partial charge in [-0.3, -0.25) is 0 Å². The molecule has 0 aliphatic rings. The average molecular weight is 242 g/mol. The third-order valence-electron chi connectivity index (χ3n) is 1.55. The van der Waals surface area contributed by atoms with E-state index in [1.54, 1.807) is 6.07 Å². The van der Waals surface area contributed by atoms with Gasteiger partial charge in [-0.05, 0) is 41.1 Å². The fourth-order valence-electron chi connectivity index (χ4n) is 0.883. The van der Waals surface area contributed by atoms with E-state index in [-0.39, 0.29) is 11.9 Å². The Morgan fingerprint density at radius 3 is 2.92 bits per heavy atom. The summed E-state index contributed by atoms with van der Waals surface area (Å²) < 4.78 is 13.6. The summed E-state index contributed by atoms with van der Waals surface area (Å²) in [4.78, 5) is 0. The van der Waals surface area contributed by atoms with E-state index in [0.29, 0.717) is 5.69 Å². The van der Waals surface area contributed by atoms with Gasteiger partial charge in [0.25, 0.3) is 0 Å². The summed E-state index contributed by atoms with van der Waals surface area (Å²) in [5, 5.41) is 2.98. The molecule has 1 N–H and O–H groups in total. The molecule has 0 aliphatic carbocycles. The fraction of sp³-hybridized carbons (Fsp3) is 0.200. The Balaban J connectivity index is 2.88. The molecule has 1 aromatic rings. The summed E-state index contributed by atoms with van der Waals surface area (Å²) in [7, 11) is 0. The number of rotatable bonds is 2. The second kappa shape index (κ2) is 4.29. The molecular weight excluding hydrogens is 233 g/mol. The topological polar surface area (TPSA) is 12.0 Å². The van der Waals surface area contributed by atoms with Gasteiger partial charge in [0.2, 0.25) is 0 Å².